The number of ether oxygens (including phenoxy) is 1. The van der Waals surface area contributed by atoms with Gasteiger partial charge in [-0.05, 0) is 12.1 Å². The minimum absolute atomic E-state index is 0.0438. The molecule has 4 heterocycles. The number of benzene rings is 1. The molecule has 0 radical (unpaired) electrons. The molecular weight excluding hydrogens is 418 g/mol. The first-order valence-electron chi connectivity index (χ1n) is 9.67. The highest BCUT2D eigenvalue weighted by Crippen LogP contribution is 2.26. The number of pyridine rings is 1. The third-order valence-electron chi connectivity index (χ3n) is 5.38. The van der Waals surface area contributed by atoms with Crippen LogP contribution in [0.1, 0.15) is 0 Å². The molecule has 5 rings (SSSR count). The maximum absolute atomic E-state index is 13.0. The van der Waals surface area contributed by atoms with Gasteiger partial charge >= 0.3 is 0 Å². The lowest BCUT2D eigenvalue weighted by atomic mass is 10.1. The Morgan fingerprint density at radius 1 is 1.16 bits per heavy atom. The Hall–Kier alpha value is -3.44. The van der Waals surface area contributed by atoms with Crippen LogP contribution in [0, 0.1) is 0 Å². The molecule has 1 fully saturated rings. The maximum Gasteiger partial charge on any atom is 0.265 e. The number of nitrogens with one attached hydrogen (secondary N) is 1. The first kappa shape index (κ1) is 19.5. The molecule has 0 spiro atoms. The number of para-hydroxylation sites is 1. The first-order valence-corrected chi connectivity index (χ1v) is 11.2. The molecule has 0 amide bonds. The van der Waals surface area contributed by atoms with E-state index in [0.29, 0.717) is 17.0 Å². The summed E-state index contributed by atoms with van der Waals surface area (Å²) in [5.41, 5.74) is 2.15. The van der Waals surface area contributed by atoms with Crippen LogP contribution >= 0.6 is 0 Å². The van der Waals surface area contributed by atoms with Gasteiger partial charge in [-0.2, -0.15) is 10.2 Å². The summed E-state index contributed by atoms with van der Waals surface area (Å²) < 4.78 is 37.0. The van der Waals surface area contributed by atoms with Crippen molar-refractivity contribution in [2.24, 2.45) is 7.05 Å². The molecule has 1 aromatic carbocycles. The van der Waals surface area contributed by atoms with Crippen LogP contribution in [0.2, 0.25) is 0 Å². The minimum Gasteiger partial charge on any atom is -0.378 e. The van der Waals surface area contributed by atoms with E-state index in [4.69, 9.17) is 4.74 Å². The molecule has 31 heavy (non-hydrogen) atoms. The highest BCUT2D eigenvalue weighted by atomic mass is 32.2. The van der Waals surface area contributed by atoms with E-state index in [1.807, 2.05) is 18.2 Å². The average molecular weight is 440 g/mol. The zero-order valence-electron chi connectivity index (χ0n) is 17.0. The highest BCUT2D eigenvalue weighted by Gasteiger charge is 2.27. The lowest BCUT2D eigenvalue weighted by Crippen LogP contribution is -2.51. The summed E-state index contributed by atoms with van der Waals surface area (Å²) >= 11 is 0. The number of fused-ring (bicyclic) bond motifs is 1. The number of aryl methyl sites for hydroxylation is 1. The Balaban J connectivity index is 1.41. The zero-order valence-corrected chi connectivity index (χ0v) is 17.8. The molecule has 0 saturated carbocycles. The zero-order chi connectivity index (χ0) is 21.6. The van der Waals surface area contributed by atoms with Crippen LogP contribution in [0.4, 0.5) is 11.4 Å². The molecule has 160 valence electrons. The average Bonchev–Trinajstić information content (AvgIpc) is 3.36. The van der Waals surface area contributed by atoms with Gasteiger partial charge < -0.3 is 9.64 Å². The van der Waals surface area contributed by atoms with Gasteiger partial charge in [0.05, 0.1) is 35.9 Å². The Labute approximate surface area is 179 Å². The molecule has 1 saturated heterocycles. The Kier molecular flexibility index (Phi) is 4.63. The van der Waals surface area contributed by atoms with Gasteiger partial charge in [0, 0.05) is 50.6 Å². The predicted molar refractivity (Wildman–Crippen MR) is 116 cm³/mol. The van der Waals surface area contributed by atoms with Crippen molar-refractivity contribution in [3.05, 3.63) is 55.1 Å². The number of methoxy groups -OCH3 is 1. The molecule has 3 aromatic heterocycles. The van der Waals surface area contributed by atoms with Crippen molar-refractivity contribution >= 4 is 32.3 Å². The van der Waals surface area contributed by atoms with Crippen molar-refractivity contribution < 1.29 is 13.2 Å². The van der Waals surface area contributed by atoms with Gasteiger partial charge in [-0.1, -0.05) is 12.1 Å². The fraction of sp³-hybridized carbons (Fsp3) is 0.250. The van der Waals surface area contributed by atoms with Crippen LogP contribution in [-0.2, 0) is 21.8 Å². The van der Waals surface area contributed by atoms with Gasteiger partial charge in [0.15, 0.2) is 5.82 Å². The molecule has 0 atom stereocenters. The summed E-state index contributed by atoms with van der Waals surface area (Å²) in [4.78, 5) is 6.54. The molecule has 0 bridgehead atoms. The van der Waals surface area contributed by atoms with Crippen molar-refractivity contribution in [1.29, 1.82) is 0 Å². The lowest BCUT2D eigenvalue weighted by Gasteiger charge is -2.39. The fourth-order valence-electron chi connectivity index (χ4n) is 3.62. The fourth-order valence-corrected chi connectivity index (χ4v) is 4.61. The normalized spacial score (nSPS) is 14.7. The highest BCUT2D eigenvalue weighted by molar-refractivity contribution is 7.92. The number of hydrogen-bond acceptors (Lipinski definition) is 7. The predicted octanol–water partition coefficient (Wildman–Crippen LogP) is 1.79. The SMILES string of the molecule is COC1CN(c2ccnc(-n3cc(S(=O)(=O)Nc4cccc5cnn(C)c45)cn3)c2)C1. The van der Waals surface area contributed by atoms with Crippen molar-refractivity contribution in [3.8, 4) is 5.82 Å². The molecule has 4 aromatic rings. The van der Waals surface area contributed by atoms with E-state index in [1.165, 1.54) is 17.1 Å². The molecule has 11 heteroatoms. The van der Waals surface area contributed by atoms with Gasteiger partial charge in [0.1, 0.15) is 4.90 Å². The van der Waals surface area contributed by atoms with E-state index >= 15 is 0 Å². The third-order valence-corrected chi connectivity index (χ3v) is 6.70. The van der Waals surface area contributed by atoms with Gasteiger partial charge in [-0.25, -0.2) is 18.1 Å². The van der Waals surface area contributed by atoms with Gasteiger partial charge in [0.2, 0.25) is 0 Å². The Bertz CT molecular complexity index is 1360. The van der Waals surface area contributed by atoms with E-state index in [1.54, 1.807) is 43.4 Å². The summed E-state index contributed by atoms with van der Waals surface area (Å²) in [6, 6.07) is 9.15. The van der Waals surface area contributed by atoms with Gasteiger partial charge in [0.25, 0.3) is 10.0 Å². The minimum atomic E-state index is -3.85. The van der Waals surface area contributed by atoms with Crippen LogP contribution in [0.25, 0.3) is 16.7 Å². The van der Waals surface area contributed by atoms with Crippen LogP contribution in [-0.4, -0.2) is 59.3 Å². The summed E-state index contributed by atoms with van der Waals surface area (Å²) in [5, 5.41) is 9.25. The van der Waals surface area contributed by atoms with E-state index in [-0.39, 0.29) is 11.0 Å². The number of rotatable bonds is 6. The molecular formula is C20H21N7O3S. The molecule has 10 nitrogen and oxygen atoms in total. The molecule has 1 aliphatic heterocycles. The van der Waals surface area contributed by atoms with E-state index in [0.717, 1.165) is 24.2 Å². The maximum atomic E-state index is 13.0. The summed E-state index contributed by atoms with van der Waals surface area (Å²) in [5.74, 6) is 0.536. The number of anilines is 2. The van der Waals surface area contributed by atoms with Gasteiger partial charge in [-0.3, -0.25) is 9.40 Å². The number of hydrogen-bond donors (Lipinski definition) is 1. The Morgan fingerprint density at radius 3 is 2.81 bits per heavy atom. The largest absolute Gasteiger partial charge is 0.378 e. The van der Waals surface area contributed by atoms with Gasteiger partial charge in [-0.15, -0.1) is 0 Å². The molecule has 1 N–H and O–H groups in total. The van der Waals surface area contributed by atoms with Crippen LogP contribution < -0.4 is 9.62 Å². The van der Waals surface area contributed by atoms with E-state index in [2.05, 4.69) is 24.8 Å². The Morgan fingerprint density at radius 2 is 2.00 bits per heavy atom. The molecule has 0 unspecified atom stereocenters. The van der Waals surface area contributed by atoms with Crippen molar-refractivity contribution in [2.45, 2.75) is 11.0 Å². The second-order valence-electron chi connectivity index (χ2n) is 7.37. The molecule has 0 aliphatic carbocycles. The van der Waals surface area contributed by atoms with Crippen LogP contribution in [0.5, 0.6) is 0 Å². The quantitative estimate of drug-likeness (QED) is 0.488. The first-order chi connectivity index (χ1) is 14.9. The molecule has 1 aliphatic rings. The smallest absolute Gasteiger partial charge is 0.265 e. The third kappa shape index (κ3) is 3.51. The monoisotopic (exact) mass is 439 g/mol. The second kappa shape index (κ2) is 7.36. The topological polar surface area (TPSA) is 107 Å². The number of aromatic nitrogens is 5. The standard InChI is InChI=1S/C20H21N7O3S/c1-25-20-14(9-22-25)4-3-5-18(20)24-31(28,29)17-10-23-27(13-17)19-8-15(6-7-21-19)26-11-16(12-26)30-2/h3-10,13,16,24H,11-12H2,1-2H3. The van der Waals surface area contributed by atoms with Crippen LogP contribution in [0.15, 0.2) is 60.0 Å². The summed E-state index contributed by atoms with van der Waals surface area (Å²) in [7, 11) is -0.376. The van der Waals surface area contributed by atoms with Crippen molar-refractivity contribution in [1.82, 2.24) is 24.5 Å². The summed E-state index contributed by atoms with van der Waals surface area (Å²) in [6.45, 7) is 1.62. The summed E-state index contributed by atoms with van der Waals surface area (Å²) in [6.07, 6.45) is 6.36. The van der Waals surface area contributed by atoms with E-state index in [9.17, 15) is 8.42 Å². The van der Waals surface area contributed by atoms with Crippen molar-refractivity contribution in [3.63, 3.8) is 0 Å². The lowest BCUT2D eigenvalue weighted by molar-refractivity contribution is 0.0787. The van der Waals surface area contributed by atoms with E-state index < -0.39 is 10.0 Å². The second-order valence-corrected chi connectivity index (χ2v) is 9.06. The number of sulfonamides is 1. The van der Waals surface area contributed by atoms with Crippen LogP contribution in [0.3, 0.4) is 0 Å². The van der Waals surface area contributed by atoms with Crippen molar-refractivity contribution in [2.75, 3.05) is 29.8 Å². The number of nitrogens with zero attached hydrogens (tertiary/aromatic N) is 6.